The third-order valence-electron chi connectivity index (χ3n) is 3.92. The number of hydrogen-bond donors (Lipinski definition) is 0. The quantitative estimate of drug-likeness (QED) is 0.800. The molecule has 0 fully saturated rings. The smallest absolute Gasteiger partial charge is 0.289 e. The molecule has 2 rings (SSSR count). The number of fused-ring (bicyclic) bond motifs is 1. The third kappa shape index (κ3) is 3.09. The molecule has 1 aromatic heterocycles. The summed E-state index contributed by atoms with van der Waals surface area (Å²) >= 11 is 0. The summed E-state index contributed by atoms with van der Waals surface area (Å²) in [5.41, 5.74) is 0.384. The van der Waals surface area contributed by atoms with Gasteiger partial charge in [-0.15, -0.1) is 0 Å². The normalized spacial score (nSPS) is 14.2. The molecule has 0 unspecified atom stereocenters. The average molecular weight is 292 g/mol. The Hall–Kier alpha value is -1.85. The van der Waals surface area contributed by atoms with Gasteiger partial charge in [0.05, 0.1) is 0 Å². The Kier molecular flexibility index (Phi) is 4.98. The van der Waals surface area contributed by atoms with Crippen molar-refractivity contribution in [3.05, 3.63) is 17.7 Å². The van der Waals surface area contributed by atoms with Crippen LogP contribution in [0.1, 0.15) is 54.7 Å². The lowest BCUT2D eigenvalue weighted by Crippen LogP contribution is -2.40. The highest BCUT2D eigenvalue weighted by molar-refractivity contribution is 5.96. The zero-order valence-corrected chi connectivity index (χ0v) is 13.1. The largest absolute Gasteiger partial charge is 0.338 e. The molecule has 2 amide bonds. The summed E-state index contributed by atoms with van der Waals surface area (Å²) in [6, 6.07) is 0. The number of carbonyl (C=O) groups excluding carboxylic acids is 2. The van der Waals surface area contributed by atoms with Crippen LogP contribution in [0.5, 0.6) is 0 Å². The van der Waals surface area contributed by atoms with Gasteiger partial charge in [-0.05, 0) is 20.3 Å². The second-order valence-electron chi connectivity index (χ2n) is 5.27. The van der Waals surface area contributed by atoms with Crippen LogP contribution in [0.2, 0.25) is 0 Å². The van der Waals surface area contributed by atoms with E-state index in [9.17, 15) is 9.59 Å². The number of carbonyl (C=O) groups is 2. The van der Waals surface area contributed by atoms with E-state index in [0.29, 0.717) is 37.7 Å². The molecular weight excluding hydrogens is 268 g/mol. The number of amides is 2. The van der Waals surface area contributed by atoms with Crippen LogP contribution in [0.3, 0.4) is 0 Å². The van der Waals surface area contributed by atoms with E-state index in [1.54, 1.807) is 20.6 Å². The molecule has 1 aliphatic heterocycles. The SMILES string of the molecule is CCCCN(CC)C(=O)c1cn2c(n1)C(=O)N(CC)CC2. The van der Waals surface area contributed by atoms with Crippen molar-refractivity contribution in [2.45, 2.75) is 40.2 Å². The zero-order chi connectivity index (χ0) is 15.4. The van der Waals surface area contributed by atoms with Gasteiger partial charge in [-0.2, -0.15) is 0 Å². The van der Waals surface area contributed by atoms with Crippen LogP contribution >= 0.6 is 0 Å². The molecule has 0 N–H and O–H groups in total. The molecule has 0 aromatic carbocycles. The lowest BCUT2D eigenvalue weighted by molar-refractivity contribution is 0.0707. The van der Waals surface area contributed by atoms with E-state index >= 15 is 0 Å². The van der Waals surface area contributed by atoms with Crippen molar-refractivity contribution >= 4 is 11.8 Å². The molecule has 21 heavy (non-hydrogen) atoms. The zero-order valence-electron chi connectivity index (χ0n) is 13.1. The van der Waals surface area contributed by atoms with Crippen LogP contribution in [-0.2, 0) is 6.54 Å². The van der Waals surface area contributed by atoms with E-state index in [1.807, 2.05) is 13.8 Å². The van der Waals surface area contributed by atoms with Crippen LogP contribution in [0.25, 0.3) is 0 Å². The number of hydrogen-bond acceptors (Lipinski definition) is 3. The molecule has 0 spiro atoms. The Morgan fingerprint density at radius 2 is 2.10 bits per heavy atom. The van der Waals surface area contributed by atoms with Crippen LogP contribution in [-0.4, -0.2) is 57.3 Å². The molecular formula is C15H24N4O2. The van der Waals surface area contributed by atoms with E-state index in [1.165, 1.54) is 0 Å². The lowest BCUT2D eigenvalue weighted by atomic mass is 10.3. The average Bonchev–Trinajstić information content (AvgIpc) is 2.93. The van der Waals surface area contributed by atoms with E-state index in [0.717, 1.165) is 19.4 Å². The molecule has 0 atom stereocenters. The van der Waals surface area contributed by atoms with E-state index in [-0.39, 0.29) is 11.8 Å². The van der Waals surface area contributed by atoms with Crippen molar-refractivity contribution in [2.24, 2.45) is 0 Å². The number of likely N-dealkylation sites (N-methyl/N-ethyl adjacent to an activating group) is 1. The molecule has 0 radical (unpaired) electrons. The maximum atomic E-state index is 12.5. The van der Waals surface area contributed by atoms with Crippen LogP contribution in [0.4, 0.5) is 0 Å². The highest BCUT2D eigenvalue weighted by Gasteiger charge is 2.28. The van der Waals surface area contributed by atoms with Crippen molar-refractivity contribution in [1.29, 1.82) is 0 Å². The van der Waals surface area contributed by atoms with Crippen molar-refractivity contribution in [3.8, 4) is 0 Å². The molecule has 0 saturated carbocycles. The molecule has 6 nitrogen and oxygen atoms in total. The molecule has 1 aliphatic rings. The number of rotatable bonds is 6. The molecule has 6 heteroatoms. The summed E-state index contributed by atoms with van der Waals surface area (Å²) in [7, 11) is 0. The summed E-state index contributed by atoms with van der Waals surface area (Å²) < 4.78 is 1.80. The predicted molar refractivity (Wildman–Crippen MR) is 80.3 cm³/mol. The van der Waals surface area contributed by atoms with Crippen LogP contribution in [0, 0.1) is 0 Å². The van der Waals surface area contributed by atoms with Crippen LogP contribution < -0.4 is 0 Å². The first-order valence-corrected chi connectivity index (χ1v) is 7.78. The van der Waals surface area contributed by atoms with E-state index < -0.39 is 0 Å². The van der Waals surface area contributed by atoms with Crippen molar-refractivity contribution in [3.63, 3.8) is 0 Å². The second kappa shape index (κ2) is 6.74. The Bertz CT molecular complexity index is 524. The van der Waals surface area contributed by atoms with Crippen molar-refractivity contribution < 1.29 is 9.59 Å². The summed E-state index contributed by atoms with van der Waals surface area (Å²) in [5.74, 6) is 0.223. The number of imidazole rings is 1. The minimum Gasteiger partial charge on any atom is -0.338 e. The molecule has 0 aliphatic carbocycles. The monoisotopic (exact) mass is 292 g/mol. The fraction of sp³-hybridized carbons (Fsp3) is 0.667. The first-order chi connectivity index (χ1) is 10.1. The van der Waals surface area contributed by atoms with E-state index in [2.05, 4.69) is 11.9 Å². The highest BCUT2D eigenvalue weighted by Crippen LogP contribution is 2.14. The fourth-order valence-electron chi connectivity index (χ4n) is 2.55. The first-order valence-electron chi connectivity index (χ1n) is 7.78. The van der Waals surface area contributed by atoms with Crippen molar-refractivity contribution in [1.82, 2.24) is 19.4 Å². The van der Waals surface area contributed by atoms with Gasteiger partial charge in [0.2, 0.25) is 0 Å². The molecule has 1 aromatic rings. The topological polar surface area (TPSA) is 58.4 Å². The minimum absolute atomic E-state index is 0.0799. The maximum absolute atomic E-state index is 12.5. The van der Waals surface area contributed by atoms with Gasteiger partial charge in [-0.25, -0.2) is 4.98 Å². The van der Waals surface area contributed by atoms with Gasteiger partial charge >= 0.3 is 0 Å². The van der Waals surface area contributed by atoms with Gasteiger partial charge in [0.15, 0.2) is 5.82 Å². The maximum Gasteiger partial charge on any atom is 0.289 e. The molecule has 0 saturated heterocycles. The molecule has 0 bridgehead atoms. The lowest BCUT2D eigenvalue weighted by Gasteiger charge is -2.25. The van der Waals surface area contributed by atoms with Gasteiger partial charge in [-0.3, -0.25) is 9.59 Å². The standard InChI is InChI=1S/C15H24N4O2/c1-4-7-8-17(5-2)14(20)12-11-19-10-9-18(6-3)15(21)13(19)16-12/h11H,4-10H2,1-3H3. The Labute approximate surface area is 125 Å². The van der Waals surface area contributed by atoms with E-state index in [4.69, 9.17) is 0 Å². The van der Waals surface area contributed by atoms with Crippen LogP contribution in [0.15, 0.2) is 6.20 Å². The minimum atomic E-state index is -0.0839. The molecule has 2 heterocycles. The Balaban J connectivity index is 2.19. The van der Waals surface area contributed by atoms with Gasteiger partial charge in [0.1, 0.15) is 5.69 Å². The number of nitrogens with zero attached hydrogens (tertiary/aromatic N) is 4. The summed E-state index contributed by atoms with van der Waals surface area (Å²) in [4.78, 5) is 32.5. The Morgan fingerprint density at radius 1 is 1.33 bits per heavy atom. The summed E-state index contributed by atoms with van der Waals surface area (Å²) in [6.07, 6.45) is 3.75. The van der Waals surface area contributed by atoms with Gasteiger partial charge in [0, 0.05) is 38.9 Å². The number of unbranched alkanes of at least 4 members (excludes halogenated alkanes) is 1. The van der Waals surface area contributed by atoms with Crippen molar-refractivity contribution in [2.75, 3.05) is 26.2 Å². The first kappa shape index (κ1) is 15.5. The van der Waals surface area contributed by atoms with Gasteiger partial charge in [-0.1, -0.05) is 13.3 Å². The Morgan fingerprint density at radius 3 is 2.71 bits per heavy atom. The number of aromatic nitrogens is 2. The van der Waals surface area contributed by atoms with Gasteiger partial charge in [0.25, 0.3) is 11.8 Å². The summed E-state index contributed by atoms with van der Waals surface area (Å²) in [6.45, 7) is 9.48. The summed E-state index contributed by atoms with van der Waals surface area (Å²) in [5, 5.41) is 0. The molecule has 116 valence electrons. The second-order valence-corrected chi connectivity index (χ2v) is 5.27. The third-order valence-corrected chi connectivity index (χ3v) is 3.92. The fourth-order valence-corrected chi connectivity index (χ4v) is 2.55. The predicted octanol–water partition coefficient (Wildman–Crippen LogP) is 1.62. The highest BCUT2D eigenvalue weighted by atomic mass is 16.2. The van der Waals surface area contributed by atoms with Gasteiger partial charge < -0.3 is 14.4 Å².